The van der Waals surface area contributed by atoms with Gasteiger partial charge >= 0.3 is 12.2 Å². The van der Waals surface area contributed by atoms with Crippen LogP contribution in [0.25, 0.3) is 0 Å². The number of halogens is 3. The van der Waals surface area contributed by atoms with Crippen molar-refractivity contribution >= 4 is 11.8 Å². The van der Waals surface area contributed by atoms with E-state index in [9.17, 15) is 22.8 Å². The second-order valence-corrected chi connectivity index (χ2v) is 8.37. The van der Waals surface area contributed by atoms with E-state index in [0.29, 0.717) is 44.6 Å². The highest BCUT2D eigenvalue weighted by Gasteiger charge is 2.40. The van der Waals surface area contributed by atoms with Gasteiger partial charge in [-0.25, -0.2) is 4.79 Å². The van der Waals surface area contributed by atoms with Crippen LogP contribution in [0.3, 0.4) is 0 Å². The summed E-state index contributed by atoms with van der Waals surface area (Å²) < 4.78 is 50.8. The summed E-state index contributed by atoms with van der Waals surface area (Å²) in [5.74, 6) is 0.108. The van der Waals surface area contributed by atoms with Crippen molar-refractivity contribution in [3.05, 3.63) is 34.9 Å². The molecule has 0 unspecified atom stereocenters. The number of alkyl halides is 3. The molecule has 3 aliphatic heterocycles. The number of hydrogen-bond acceptors (Lipinski definition) is 4. The Morgan fingerprint density at radius 2 is 2.00 bits per heavy atom. The molecule has 0 aliphatic carbocycles. The van der Waals surface area contributed by atoms with E-state index in [1.807, 2.05) is 0 Å². The van der Waals surface area contributed by atoms with Gasteiger partial charge in [0.1, 0.15) is 6.61 Å². The van der Waals surface area contributed by atoms with Crippen molar-refractivity contribution in [2.75, 3.05) is 32.8 Å². The number of hydrogen-bond donors (Lipinski definition) is 0. The van der Waals surface area contributed by atoms with Crippen molar-refractivity contribution in [1.29, 1.82) is 0 Å². The van der Waals surface area contributed by atoms with E-state index in [0.717, 1.165) is 6.07 Å². The molecule has 1 aromatic carbocycles. The molecular formula is C21H25F3N2O4. The number of aryl methyl sites for hydroxylation is 1. The third kappa shape index (κ3) is 4.46. The van der Waals surface area contributed by atoms with Gasteiger partial charge in [-0.3, -0.25) is 4.79 Å². The summed E-state index contributed by atoms with van der Waals surface area (Å²) in [6.07, 6.45) is -3.52. The summed E-state index contributed by atoms with van der Waals surface area (Å²) >= 11 is 0. The maximum absolute atomic E-state index is 13.2. The Morgan fingerprint density at radius 1 is 1.23 bits per heavy atom. The van der Waals surface area contributed by atoms with Crippen LogP contribution in [0.1, 0.15) is 29.5 Å². The number of amides is 2. The molecule has 164 valence electrons. The Bertz CT molecular complexity index is 823. The minimum atomic E-state index is -4.43. The van der Waals surface area contributed by atoms with Gasteiger partial charge in [-0.2, -0.15) is 13.2 Å². The van der Waals surface area contributed by atoms with Crippen molar-refractivity contribution < 1.29 is 32.2 Å². The lowest BCUT2D eigenvalue weighted by Crippen LogP contribution is -2.61. The SMILES string of the molecule is Cc1ccc(COC2CN(C(=O)N3CC[C@@H]4OCC(=O)C[C@@H]4C3)C2)c(C(F)(F)F)c1. The van der Waals surface area contributed by atoms with Gasteiger partial charge in [-0.15, -0.1) is 0 Å². The fourth-order valence-electron chi connectivity index (χ4n) is 4.34. The van der Waals surface area contributed by atoms with Crippen LogP contribution in [0.2, 0.25) is 0 Å². The van der Waals surface area contributed by atoms with Crippen LogP contribution in [-0.2, 0) is 27.1 Å². The van der Waals surface area contributed by atoms with Crippen LogP contribution in [0, 0.1) is 12.8 Å². The molecule has 9 heteroatoms. The maximum atomic E-state index is 13.2. The van der Waals surface area contributed by atoms with Crippen molar-refractivity contribution in [2.45, 2.75) is 44.8 Å². The molecule has 6 nitrogen and oxygen atoms in total. The molecule has 4 rings (SSSR count). The fraction of sp³-hybridized carbons (Fsp3) is 0.619. The molecule has 0 spiro atoms. The van der Waals surface area contributed by atoms with Gasteiger partial charge in [0.2, 0.25) is 0 Å². The molecule has 2 amide bonds. The van der Waals surface area contributed by atoms with E-state index in [4.69, 9.17) is 9.47 Å². The van der Waals surface area contributed by atoms with E-state index in [1.165, 1.54) is 6.07 Å². The molecule has 0 saturated carbocycles. The third-order valence-corrected chi connectivity index (χ3v) is 6.05. The second-order valence-electron chi connectivity index (χ2n) is 8.37. The number of likely N-dealkylation sites (tertiary alicyclic amines) is 2. The Balaban J connectivity index is 1.27. The maximum Gasteiger partial charge on any atom is 0.416 e. The molecule has 2 atom stereocenters. The van der Waals surface area contributed by atoms with E-state index in [2.05, 4.69) is 0 Å². The zero-order valence-electron chi connectivity index (χ0n) is 16.8. The first kappa shape index (κ1) is 21.1. The highest BCUT2D eigenvalue weighted by molar-refractivity contribution is 5.81. The van der Waals surface area contributed by atoms with Crippen LogP contribution in [0.15, 0.2) is 18.2 Å². The van der Waals surface area contributed by atoms with Crippen molar-refractivity contribution in [3.63, 3.8) is 0 Å². The lowest BCUT2D eigenvalue weighted by molar-refractivity contribution is -0.141. The Labute approximate surface area is 172 Å². The number of rotatable bonds is 3. The normalized spacial score (nSPS) is 25.1. The van der Waals surface area contributed by atoms with Gasteiger partial charge in [-0.05, 0) is 25.0 Å². The van der Waals surface area contributed by atoms with Gasteiger partial charge in [0, 0.05) is 25.4 Å². The van der Waals surface area contributed by atoms with Gasteiger partial charge in [0.15, 0.2) is 5.78 Å². The first-order valence-corrected chi connectivity index (χ1v) is 10.2. The molecule has 3 saturated heterocycles. The minimum absolute atomic E-state index is 0.0385. The summed E-state index contributed by atoms with van der Waals surface area (Å²) in [7, 11) is 0. The molecular weight excluding hydrogens is 401 g/mol. The number of carbonyl (C=O) groups excluding carboxylic acids is 2. The van der Waals surface area contributed by atoms with E-state index in [1.54, 1.807) is 22.8 Å². The zero-order valence-corrected chi connectivity index (χ0v) is 16.8. The number of fused-ring (bicyclic) bond motifs is 1. The van der Waals surface area contributed by atoms with Gasteiger partial charge in [0.25, 0.3) is 0 Å². The number of nitrogens with zero attached hydrogens (tertiary/aromatic N) is 2. The summed E-state index contributed by atoms with van der Waals surface area (Å²) in [5, 5.41) is 0. The van der Waals surface area contributed by atoms with Crippen molar-refractivity contribution in [3.8, 4) is 0 Å². The first-order chi connectivity index (χ1) is 14.2. The molecule has 0 radical (unpaired) electrons. The van der Waals surface area contributed by atoms with Gasteiger partial charge < -0.3 is 19.3 Å². The summed E-state index contributed by atoms with van der Waals surface area (Å²) in [6, 6.07) is 4.09. The highest BCUT2D eigenvalue weighted by Crippen LogP contribution is 2.33. The minimum Gasteiger partial charge on any atom is -0.370 e. The van der Waals surface area contributed by atoms with Crippen LogP contribution in [0.4, 0.5) is 18.0 Å². The molecule has 3 aliphatic rings. The number of benzene rings is 1. The number of ketones is 1. The van der Waals surface area contributed by atoms with E-state index in [-0.39, 0.29) is 48.7 Å². The standard InChI is InChI=1S/C21H25F3N2O4/c1-13-2-3-14(18(6-13)21(22,23)24)11-29-17-9-26(10-17)20(28)25-5-4-19-15(8-25)7-16(27)12-30-19/h2-3,6,15,17,19H,4-5,7-12H2,1H3/t15-,19+/m1/s1. The van der Waals surface area contributed by atoms with Crippen LogP contribution < -0.4 is 0 Å². The number of Topliss-reactive ketones (excluding diaryl/α,β-unsaturated/α-hetero) is 1. The Kier molecular flexibility index (Phi) is 5.76. The average Bonchev–Trinajstić information content (AvgIpc) is 2.66. The molecule has 0 N–H and O–H groups in total. The quantitative estimate of drug-likeness (QED) is 0.746. The van der Waals surface area contributed by atoms with Crippen molar-refractivity contribution in [1.82, 2.24) is 9.80 Å². The van der Waals surface area contributed by atoms with Crippen LogP contribution in [0.5, 0.6) is 0 Å². The predicted molar refractivity (Wildman–Crippen MR) is 101 cm³/mol. The number of urea groups is 1. The van der Waals surface area contributed by atoms with Gasteiger partial charge in [-0.1, -0.05) is 17.7 Å². The molecule has 0 bridgehead atoms. The molecule has 0 aromatic heterocycles. The van der Waals surface area contributed by atoms with Gasteiger partial charge in [0.05, 0.1) is 37.5 Å². The summed E-state index contributed by atoms with van der Waals surface area (Å²) in [4.78, 5) is 27.7. The summed E-state index contributed by atoms with van der Waals surface area (Å²) in [6.45, 7) is 3.42. The Morgan fingerprint density at radius 3 is 2.73 bits per heavy atom. The smallest absolute Gasteiger partial charge is 0.370 e. The van der Waals surface area contributed by atoms with Crippen molar-refractivity contribution in [2.24, 2.45) is 5.92 Å². The van der Waals surface area contributed by atoms with E-state index < -0.39 is 11.7 Å². The lowest BCUT2D eigenvalue weighted by atomic mass is 9.88. The fourth-order valence-corrected chi connectivity index (χ4v) is 4.34. The molecule has 3 heterocycles. The number of ether oxygens (including phenoxy) is 2. The monoisotopic (exact) mass is 426 g/mol. The molecule has 30 heavy (non-hydrogen) atoms. The van der Waals surface area contributed by atoms with E-state index >= 15 is 0 Å². The third-order valence-electron chi connectivity index (χ3n) is 6.05. The van der Waals surface area contributed by atoms with Crippen LogP contribution >= 0.6 is 0 Å². The zero-order chi connectivity index (χ0) is 21.5. The molecule has 3 fully saturated rings. The molecule has 1 aromatic rings. The number of piperidine rings is 1. The lowest BCUT2D eigenvalue weighted by Gasteiger charge is -2.45. The Hall–Kier alpha value is -2.13. The average molecular weight is 426 g/mol. The van der Waals surface area contributed by atoms with Crippen LogP contribution in [-0.4, -0.2) is 66.6 Å². The summed E-state index contributed by atoms with van der Waals surface area (Å²) in [5.41, 5.74) is -0.0379. The first-order valence-electron chi connectivity index (χ1n) is 10.2. The topological polar surface area (TPSA) is 59.1 Å². The largest absolute Gasteiger partial charge is 0.416 e. The predicted octanol–water partition coefficient (Wildman–Crippen LogP) is 3.01. The second kappa shape index (κ2) is 8.19. The highest BCUT2D eigenvalue weighted by atomic mass is 19.4. The number of carbonyl (C=O) groups is 2.